The van der Waals surface area contributed by atoms with E-state index in [4.69, 9.17) is 19.7 Å². The summed E-state index contributed by atoms with van der Waals surface area (Å²) < 4.78 is 11.1. The maximum Gasteiger partial charge on any atom is 0.162 e. The van der Waals surface area contributed by atoms with Gasteiger partial charge in [-0.15, -0.1) is 0 Å². The number of ether oxygens (including phenoxy) is 2. The first kappa shape index (κ1) is 20.8. The summed E-state index contributed by atoms with van der Waals surface area (Å²) in [5.41, 5.74) is 0. The second-order valence-electron chi connectivity index (χ2n) is 7.38. The molecule has 1 fully saturated rings. The van der Waals surface area contributed by atoms with Crippen LogP contribution in [0.2, 0.25) is 0 Å². The average Bonchev–Trinajstić information content (AvgIpc) is 2.38. The normalized spacial score (nSPS) is 19.0. The highest BCUT2D eigenvalue weighted by molar-refractivity contribution is 4.68. The molecule has 1 aliphatic rings. The van der Waals surface area contributed by atoms with E-state index in [1.807, 2.05) is 13.8 Å². The highest BCUT2D eigenvalue weighted by Crippen LogP contribution is 2.24. The van der Waals surface area contributed by atoms with Crippen LogP contribution in [0.25, 0.3) is 0 Å². The summed E-state index contributed by atoms with van der Waals surface area (Å²) in [6, 6.07) is 0. The fourth-order valence-electron chi connectivity index (χ4n) is 2.40. The van der Waals surface area contributed by atoms with Gasteiger partial charge >= 0.3 is 0 Å². The monoisotopic (exact) mass is 304 g/mol. The summed E-state index contributed by atoms with van der Waals surface area (Å²) in [6.07, 6.45) is 2.11. The number of hydrogen-bond acceptors (Lipinski definition) is 4. The average molecular weight is 304 g/mol. The van der Waals surface area contributed by atoms with Crippen LogP contribution in [0.4, 0.5) is 0 Å². The van der Waals surface area contributed by atoms with Crippen LogP contribution in [0.1, 0.15) is 54.4 Å². The molecule has 0 aromatic heterocycles. The third kappa shape index (κ3) is 11.1. The molecule has 2 N–H and O–H groups in total. The highest BCUT2D eigenvalue weighted by Gasteiger charge is 2.28. The lowest BCUT2D eigenvalue weighted by Gasteiger charge is -2.35. The minimum Gasteiger partial charge on any atom is -0.396 e. The summed E-state index contributed by atoms with van der Waals surface area (Å²) in [7, 11) is 0. The SMILES string of the molecule is CC(C)CC(CO)CO.CC(C)CC1COC(C)(C)OC1. The van der Waals surface area contributed by atoms with Gasteiger partial charge in [0.15, 0.2) is 5.79 Å². The molecule has 0 aromatic rings. The van der Waals surface area contributed by atoms with E-state index in [2.05, 4.69) is 27.7 Å². The predicted octanol–water partition coefficient (Wildman–Crippen LogP) is 3.06. The van der Waals surface area contributed by atoms with E-state index in [-0.39, 0.29) is 24.9 Å². The van der Waals surface area contributed by atoms with Crippen molar-refractivity contribution in [2.75, 3.05) is 26.4 Å². The zero-order valence-corrected chi connectivity index (χ0v) is 14.8. The third-order valence-corrected chi connectivity index (χ3v) is 3.46. The summed E-state index contributed by atoms with van der Waals surface area (Å²) >= 11 is 0. The fraction of sp³-hybridized carbons (Fsp3) is 1.00. The summed E-state index contributed by atoms with van der Waals surface area (Å²) in [5.74, 6) is 1.63. The molecule has 1 heterocycles. The van der Waals surface area contributed by atoms with Crippen LogP contribution in [0.5, 0.6) is 0 Å². The Morgan fingerprint density at radius 3 is 1.71 bits per heavy atom. The molecule has 0 amide bonds. The van der Waals surface area contributed by atoms with E-state index in [1.54, 1.807) is 0 Å². The zero-order chi connectivity index (χ0) is 16.5. The molecule has 0 aromatic carbocycles. The maximum absolute atomic E-state index is 8.61. The quantitative estimate of drug-likeness (QED) is 0.792. The molecule has 128 valence electrons. The number of aliphatic hydroxyl groups excluding tert-OH is 2. The lowest BCUT2D eigenvalue weighted by molar-refractivity contribution is -0.263. The maximum atomic E-state index is 8.61. The molecule has 4 heteroatoms. The first-order valence-corrected chi connectivity index (χ1v) is 8.19. The first-order valence-electron chi connectivity index (χ1n) is 8.19. The van der Waals surface area contributed by atoms with Crippen LogP contribution >= 0.6 is 0 Å². The van der Waals surface area contributed by atoms with Gasteiger partial charge in [-0.1, -0.05) is 27.7 Å². The van der Waals surface area contributed by atoms with Gasteiger partial charge in [0.1, 0.15) is 0 Å². The zero-order valence-electron chi connectivity index (χ0n) is 14.8. The molecule has 0 spiro atoms. The smallest absolute Gasteiger partial charge is 0.162 e. The van der Waals surface area contributed by atoms with Crippen molar-refractivity contribution < 1.29 is 19.7 Å². The van der Waals surface area contributed by atoms with E-state index in [1.165, 1.54) is 6.42 Å². The highest BCUT2D eigenvalue weighted by atomic mass is 16.7. The lowest BCUT2D eigenvalue weighted by Crippen LogP contribution is -2.39. The van der Waals surface area contributed by atoms with Gasteiger partial charge in [0.2, 0.25) is 0 Å². The molecule has 1 rings (SSSR count). The molecule has 0 aliphatic carbocycles. The summed E-state index contributed by atoms with van der Waals surface area (Å²) in [4.78, 5) is 0. The Kier molecular flexibility index (Phi) is 10.5. The minimum absolute atomic E-state index is 0.0880. The Bertz CT molecular complexity index is 237. The Balaban J connectivity index is 0.000000400. The van der Waals surface area contributed by atoms with Gasteiger partial charge < -0.3 is 19.7 Å². The van der Waals surface area contributed by atoms with E-state index in [0.29, 0.717) is 11.8 Å². The molecule has 0 saturated carbocycles. The van der Waals surface area contributed by atoms with Crippen molar-refractivity contribution in [1.82, 2.24) is 0 Å². The molecule has 21 heavy (non-hydrogen) atoms. The Morgan fingerprint density at radius 2 is 1.43 bits per heavy atom. The van der Waals surface area contributed by atoms with Gasteiger partial charge in [-0.2, -0.15) is 0 Å². The molecule has 1 aliphatic heterocycles. The number of rotatable bonds is 6. The van der Waals surface area contributed by atoms with Crippen LogP contribution in [-0.4, -0.2) is 42.4 Å². The van der Waals surface area contributed by atoms with Crippen LogP contribution in [0.3, 0.4) is 0 Å². The topological polar surface area (TPSA) is 58.9 Å². The molecule has 0 unspecified atom stereocenters. The Hall–Kier alpha value is -0.160. The molecule has 0 radical (unpaired) electrons. The van der Waals surface area contributed by atoms with E-state index in [0.717, 1.165) is 25.6 Å². The van der Waals surface area contributed by atoms with Gasteiger partial charge in [0, 0.05) is 25.0 Å². The number of aliphatic hydroxyl groups is 2. The van der Waals surface area contributed by atoms with Crippen LogP contribution < -0.4 is 0 Å². The standard InChI is InChI=1S/C10H20O2.C7H16O2/c1-8(2)5-9-6-11-10(3,4)12-7-9;1-6(2)3-7(4-8)5-9/h8-9H,5-7H2,1-4H3;6-9H,3-5H2,1-2H3. The number of hydrogen-bond donors (Lipinski definition) is 2. The van der Waals surface area contributed by atoms with Crippen molar-refractivity contribution in [3.8, 4) is 0 Å². The fourth-order valence-corrected chi connectivity index (χ4v) is 2.40. The van der Waals surface area contributed by atoms with Crippen LogP contribution in [0.15, 0.2) is 0 Å². The van der Waals surface area contributed by atoms with E-state index >= 15 is 0 Å². The largest absolute Gasteiger partial charge is 0.396 e. The molecule has 1 saturated heterocycles. The van der Waals surface area contributed by atoms with Gasteiger partial charge in [-0.05, 0) is 38.5 Å². The van der Waals surface area contributed by atoms with Crippen LogP contribution in [-0.2, 0) is 9.47 Å². The Labute approximate surface area is 130 Å². The second kappa shape index (κ2) is 10.5. The molecular formula is C17H36O4. The van der Waals surface area contributed by atoms with Crippen molar-refractivity contribution in [2.24, 2.45) is 23.7 Å². The minimum atomic E-state index is -0.354. The third-order valence-electron chi connectivity index (χ3n) is 3.46. The van der Waals surface area contributed by atoms with Crippen molar-refractivity contribution >= 4 is 0 Å². The van der Waals surface area contributed by atoms with Gasteiger partial charge in [-0.25, -0.2) is 0 Å². The molecule has 0 atom stereocenters. The van der Waals surface area contributed by atoms with Gasteiger partial charge in [0.25, 0.3) is 0 Å². The first-order chi connectivity index (χ1) is 9.70. The molecule has 4 nitrogen and oxygen atoms in total. The summed E-state index contributed by atoms with van der Waals surface area (Å²) in [6.45, 7) is 14.5. The lowest BCUT2D eigenvalue weighted by atomic mass is 9.98. The van der Waals surface area contributed by atoms with Crippen molar-refractivity contribution in [3.05, 3.63) is 0 Å². The van der Waals surface area contributed by atoms with Crippen molar-refractivity contribution in [2.45, 2.75) is 60.2 Å². The van der Waals surface area contributed by atoms with Crippen molar-refractivity contribution in [3.63, 3.8) is 0 Å². The van der Waals surface area contributed by atoms with E-state index in [9.17, 15) is 0 Å². The van der Waals surface area contributed by atoms with Gasteiger partial charge in [-0.3, -0.25) is 0 Å². The molecular weight excluding hydrogens is 268 g/mol. The Morgan fingerprint density at radius 1 is 0.952 bits per heavy atom. The predicted molar refractivity (Wildman–Crippen MR) is 86.0 cm³/mol. The van der Waals surface area contributed by atoms with E-state index < -0.39 is 0 Å². The van der Waals surface area contributed by atoms with Gasteiger partial charge in [0.05, 0.1) is 13.2 Å². The summed E-state index contributed by atoms with van der Waals surface area (Å²) in [5, 5.41) is 17.2. The molecule has 0 bridgehead atoms. The van der Waals surface area contributed by atoms with Crippen molar-refractivity contribution in [1.29, 1.82) is 0 Å². The second-order valence-corrected chi connectivity index (χ2v) is 7.38. The van der Waals surface area contributed by atoms with Crippen LogP contribution in [0, 0.1) is 23.7 Å².